The second-order valence-electron chi connectivity index (χ2n) is 4.97. The van der Waals surface area contributed by atoms with Gasteiger partial charge in [-0.2, -0.15) is 5.10 Å². The van der Waals surface area contributed by atoms with Crippen LogP contribution < -0.4 is 5.32 Å². The molecular formula is C14H22N4O3. The third-order valence-corrected chi connectivity index (χ3v) is 3.57. The number of carbonyl (C=O) groups is 2. The zero-order valence-corrected chi connectivity index (χ0v) is 12.8. The Morgan fingerprint density at radius 3 is 2.86 bits per heavy atom. The van der Waals surface area contributed by atoms with E-state index in [2.05, 4.69) is 10.4 Å². The molecule has 1 aliphatic heterocycles. The highest BCUT2D eigenvalue weighted by Gasteiger charge is 2.34. The van der Waals surface area contributed by atoms with E-state index < -0.39 is 6.04 Å². The van der Waals surface area contributed by atoms with E-state index in [0.29, 0.717) is 31.9 Å². The van der Waals surface area contributed by atoms with E-state index in [1.165, 1.54) is 0 Å². The number of nitrogens with zero attached hydrogens (tertiary/aromatic N) is 3. The van der Waals surface area contributed by atoms with Crippen LogP contribution in [0.4, 0.5) is 0 Å². The molecule has 7 heteroatoms. The maximum atomic E-state index is 12.7. The first-order valence-electron chi connectivity index (χ1n) is 7.29. The smallest absolute Gasteiger partial charge is 0.330 e. The summed E-state index contributed by atoms with van der Waals surface area (Å²) >= 11 is 0. The number of piperazine rings is 1. The summed E-state index contributed by atoms with van der Waals surface area (Å²) < 4.78 is 6.63. The fourth-order valence-electron chi connectivity index (χ4n) is 2.44. The van der Waals surface area contributed by atoms with Crippen molar-refractivity contribution in [2.24, 2.45) is 7.05 Å². The molecule has 1 saturated heterocycles. The van der Waals surface area contributed by atoms with E-state index in [9.17, 15) is 9.59 Å². The maximum absolute atomic E-state index is 12.7. The van der Waals surface area contributed by atoms with Gasteiger partial charge in [0.2, 0.25) is 0 Å². The molecule has 1 aliphatic rings. The van der Waals surface area contributed by atoms with Gasteiger partial charge in [-0.3, -0.25) is 9.48 Å². The Labute approximate surface area is 124 Å². The monoisotopic (exact) mass is 294 g/mol. The summed E-state index contributed by atoms with van der Waals surface area (Å²) in [7, 11) is 1.74. The normalized spacial score (nSPS) is 18.6. The highest BCUT2D eigenvalue weighted by Crippen LogP contribution is 2.13. The van der Waals surface area contributed by atoms with Gasteiger partial charge in [-0.05, 0) is 19.4 Å². The van der Waals surface area contributed by atoms with Crippen molar-refractivity contribution in [3.05, 3.63) is 17.5 Å². The fourth-order valence-corrected chi connectivity index (χ4v) is 2.44. The summed E-state index contributed by atoms with van der Waals surface area (Å²) in [5, 5.41) is 7.41. The van der Waals surface area contributed by atoms with Gasteiger partial charge < -0.3 is 15.0 Å². The molecule has 1 aromatic heterocycles. The number of rotatable bonds is 4. The third kappa shape index (κ3) is 3.24. The predicted molar refractivity (Wildman–Crippen MR) is 76.9 cm³/mol. The van der Waals surface area contributed by atoms with Gasteiger partial charge in [-0.1, -0.05) is 6.92 Å². The van der Waals surface area contributed by atoms with Crippen molar-refractivity contribution >= 4 is 11.9 Å². The Hall–Kier alpha value is -1.89. The molecule has 0 saturated carbocycles. The van der Waals surface area contributed by atoms with Crippen molar-refractivity contribution in [2.45, 2.75) is 26.3 Å². The molecule has 0 spiro atoms. The maximum Gasteiger partial charge on any atom is 0.330 e. The predicted octanol–water partition coefficient (Wildman–Crippen LogP) is -0.0404. The number of esters is 1. The third-order valence-electron chi connectivity index (χ3n) is 3.57. The number of carbonyl (C=O) groups excluding carboxylic acids is 2. The van der Waals surface area contributed by atoms with E-state index in [0.717, 1.165) is 12.1 Å². The molecule has 21 heavy (non-hydrogen) atoms. The van der Waals surface area contributed by atoms with Crippen molar-refractivity contribution in [3.8, 4) is 0 Å². The Bertz CT molecular complexity index is 526. The minimum absolute atomic E-state index is 0.177. The lowest BCUT2D eigenvalue weighted by atomic mass is 10.1. The van der Waals surface area contributed by atoms with Crippen LogP contribution in [0, 0.1) is 0 Å². The van der Waals surface area contributed by atoms with E-state index in [1.54, 1.807) is 29.6 Å². The summed E-state index contributed by atoms with van der Waals surface area (Å²) in [5.74, 6) is -0.541. The number of hydrogen-bond acceptors (Lipinski definition) is 5. The van der Waals surface area contributed by atoms with Crippen molar-refractivity contribution in [3.63, 3.8) is 0 Å². The highest BCUT2D eigenvalue weighted by molar-refractivity contribution is 5.95. The molecule has 0 aliphatic carbocycles. The van der Waals surface area contributed by atoms with Gasteiger partial charge in [0.15, 0.2) is 0 Å². The van der Waals surface area contributed by atoms with Crippen LogP contribution in [0.15, 0.2) is 6.07 Å². The van der Waals surface area contributed by atoms with Crippen LogP contribution in [0.2, 0.25) is 0 Å². The van der Waals surface area contributed by atoms with Crippen LogP contribution >= 0.6 is 0 Å². The van der Waals surface area contributed by atoms with Gasteiger partial charge in [0.25, 0.3) is 5.91 Å². The molecule has 0 bridgehead atoms. The summed E-state index contributed by atoms with van der Waals surface area (Å²) in [6.45, 7) is 5.62. The van der Waals surface area contributed by atoms with Gasteiger partial charge in [0.1, 0.15) is 11.7 Å². The van der Waals surface area contributed by atoms with Crippen LogP contribution in [0.25, 0.3) is 0 Å². The van der Waals surface area contributed by atoms with Gasteiger partial charge in [-0.15, -0.1) is 0 Å². The first kappa shape index (κ1) is 15.5. The number of amides is 1. The molecule has 1 unspecified atom stereocenters. The lowest BCUT2D eigenvalue weighted by Crippen LogP contribution is -2.57. The first-order chi connectivity index (χ1) is 10.1. The SMILES string of the molecule is CCOC(=O)C1CNCCN1C(=O)c1cc(CC)nn1C. The van der Waals surface area contributed by atoms with Crippen LogP contribution in [-0.2, 0) is 23.0 Å². The molecule has 1 amide bonds. The quantitative estimate of drug-likeness (QED) is 0.789. The number of hydrogen-bond donors (Lipinski definition) is 1. The second-order valence-corrected chi connectivity index (χ2v) is 4.97. The second kappa shape index (κ2) is 6.71. The molecule has 1 aromatic rings. The van der Waals surface area contributed by atoms with E-state index in [-0.39, 0.29) is 11.9 Å². The highest BCUT2D eigenvalue weighted by atomic mass is 16.5. The van der Waals surface area contributed by atoms with Gasteiger partial charge in [-0.25, -0.2) is 4.79 Å². The van der Waals surface area contributed by atoms with Crippen molar-refractivity contribution < 1.29 is 14.3 Å². The Morgan fingerprint density at radius 2 is 2.24 bits per heavy atom. The first-order valence-corrected chi connectivity index (χ1v) is 7.29. The molecular weight excluding hydrogens is 272 g/mol. The van der Waals surface area contributed by atoms with Crippen LogP contribution in [0.1, 0.15) is 30.0 Å². The molecule has 2 rings (SSSR count). The van der Waals surface area contributed by atoms with Crippen LogP contribution in [0.3, 0.4) is 0 Å². The number of nitrogens with one attached hydrogen (secondary N) is 1. The van der Waals surface area contributed by atoms with Crippen molar-refractivity contribution in [1.29, 1.82) is 0 Å². The summed E-state index contributed by atoms with van der Waals surface area (Å²) in [4.78, 5) is 26.3. The van der Waals surface area contributed by atoms with Crippen LogP contribution in [0.5, 0.6) is 0 Å². The van der Waals surface area contributed by atoms with Gasteiger partial charge in [0.05, 0.1) is 12.3 Å². The number of aryl methyl sites for hydroxylation is 2. The standard InChI is InChI=1S/C14H22N4O3/c1-4-10-8-11(17(3)16-10)13(19)18-7-6-15-9-12(18)14(20)21-5-2/h8,12,15H,4-7,9H2,1-3H3. The fraction of sp³-hybridized carbons (Fsp3) is 0.643. The number of aromatic nitrogens is 2. The molecule has 1 fully saturated rings. The molecule has 2 heterocycles. The molecule has 1 atom stereocenters. The van der Waals surface area contributed by atoms with E-state index in [1.807, 2.05) is 6.92 Å². The topological polar surface area (TPSA) is 76.5 Å². The Balaban J connectivity index is 2.21. The van der Waals surface area contributed by atoms with Crippen molar-refractivity contribution in [2.75, 3.05) is 26.2 Å². The summed E-state index contributed by atoms with van der Waals surface area (Å²) in [5.41, 5.74) is 1.37. The Morgan fingerprint density at radius 1 is 1.48 bits per heavy atom. The molecule has 0 aromatic carbocycles. The Kier molecular flexibility index (Phi) is 4.95. The van der Waals surface area contributed by atoms with E-state index >= 15 is 0 Å². The van der Waals surface area contributed by atoms with Crippen LogP contribution in [-0.4, -0.2) is 58.8 Å². The lowest BCUT2D eigenvalue weighted by molar-refractivity contribution is -0.149. The van der Waals surface area contributed by atoms with Crippen molar-refractivity contribution in [1.82, 2.24) is 20.0 Å². The minimum Gasteiger partial charge on any atom is -0.464 e. The zero-order valence-electron chi connectivity index (χ0n) is 12.8. The minimum atomic E-state index is -0.578. The van der Waals surface area contributed by atoms with Gasteiger partial charge in [0, 0.05) is 26.7 Å². The molecule has 7 nitrogen and oxygen atoms in total. The average Bonchev–Trinajstić information content (AvgIpc) is 2.88. The largest absolute Gasteiger partial charge is 0.464 e. The molecule has 0 radical (unpaired) electrons. The summed E-state index contributed by atoms with van der Waals surface area (Å²) in [6, 6.07) is 1.21. The average molecular weight is 294 g/mol. The number of ether oxygens (including phenoxy) is 1. The van der Waals surface area contributed by atoms with Gasteiger partial charge >= 0.3 is 5.97 Å². The van der Waals surface area contributed by atoms with E-state index in [4.69, 9.17) is 4.74 Å². The summed E-state index contributed by atoms with van der Waals surface area (Å²) in [6.07, 6.45) is 0.768. The zero-order chi connectivity index (χ0) is 15.4. The lowest BCUT2D eigenvalue weighted by Gasteiger charge is -2.34. The molecule has 1 N–H and O–H groups in total. The molecule has 116 valence electrons.